The number of carboxylic acids is 1. The number of aromatic nitrogens is 1. The number of nitrogens with one attached hydrogen (secondary N) is 1. The highest BCUT2D eigenvalue weighted by Crippen LogP contribution is 2.44. The third kappa shape index (κ3) is 7.48. The zero-order valence-electron chi connectivity index (χ0n) is 27.5. The van der Waals surface area contributed by atoms with Gasteiger partial charge in [-0.3, -0.25) is 4.79 Å². The smallest absolute Gasteiger partial charge is 0.419 e. The molecule has 246 valence electrons. The molecule has 0 bridgehead atoms. The Labute approximate surface area is 273 Å². The molecule has 1 aliphatic rings. The van der Waals surface area contributed by atoms with E-state index in [-0.39, 0.29) is 31.1 Å². The minimum absolute atomic E-state index is 0.00798. The molecule has 1 atom stereocenters. The lowest BCUT2D eigenvalue weighted by molar-refractivity contribution is -0.154. The normalized spacial score (nSPS) is 13.4. The molecular weight excluding hydrogens is 600 g/mol. The van der Waals surface area contributed by atoms with Crippen molar-refractivity contribution in [2.45, 2.75) is 77.5 Å². The number of aliphatic carboxylic acids is 1. The number of nitrogens with zero attached hydrogens (tertiary/aromatic N) is 1. The number of fused-ring (bicyclic) bond motifs is 4. The Morgan fingerprint density at radius 3 is 1.94 bits per heavy atom. The molecule has 0 saturated carbocycles. The molecule has 47 heavy (non-hydrogen) atoms. The molecule has 0 fully saturated rings. The van der Waals surface area contributed by atoms with Crippen molar-refractivity contribution in [2.75, 3.05) is 6.61 Å². The van der Waals surface area contributed by atoms with Gasteiger partial charge in [0.1, 0.15) is 23.9 Å². The molecular formula is C37H40N2O8. The van der Waals surface area contributed by atoms with Crippen LogP contribution in [0.4, 0.5) is 9.59 Å². The van der Waals surface area contributed by atoms with E-state index in [9.17, 15) is 24.3 Å². The maximum absolute atomic E-state index is 13.5. The van der Waals surface area contributed by atoms with Gasteiger partial charge in [-0.25, -0.2) is 19.0 Å². The summed E-state index contributed by atoms with van der Waals surface area (Å²) in [5.74, 6) is -2.12. The van der Waals surface area contributed by atoms with Crippen LogP contribution in [-0.2, 0) is 36.6 Å². The molecule has 2 N–H and O–H groups in total. The minimum Gasteiger partial charge on any atom is -0.480 e. The van der Waals surface area contributed by atoms with Crippen molar-refractivity contribution < 1.29 is 38.5 Å². The number of ether oxygens (including phenoxy) is 3. The van der Waals surface area contributed by atoms with Gasteiger partial charge >= 0.3 is 24.1 Å². The van der Waals surface area contributed by atoms with Gasteiger partial charge in [0, 0.05) is 23.4 Å². The summed E-state index contributed by atoms with van der Waals surface area (Å²) in [7, 11) is 0. The number of para-hydroxylation sites is 1. The van der Waals surface area contributed by atoms with Gasteiger partial charge in [0.2, 0.25) is 0 Å². The predicted octanol–water partition coefficient (Wildman–Crippen LogP) is 6.84. The minimum atomic E-state index is -1.44. The SMILES string of the molecule is CC(C)(C)OC(=O)Cc1c(C[C@@H](NC(=O)OCC2c3ccccc3-c3ccccc32)C(=O)O)c2ccccc2n1C(=O)OC(C)(C)C. The number of hydrogen-bond acceptors (Lipinski definition) is 7. The fourth-order valence-electron chi connectivity index (χ4n) is 5.99. The molecule has 5 rings (SSSR count). The predicted molar refractivity (Wildman–Crippen MR) is 176 cm³/mol. The van der Waals surface area contributed by atoms with Gasteiger partial charge in [0.05, 0.1) is 11.9 Å². The van der Waals surface area contributed by atoms with Crippen LogP contribution in [0.15, 0.2) is 72.8 Å². The molecule has 10 heteroatoms. The second-order valence-corrected chi connectivity index (χ2v) is 13.6. The molecule has 0 saturated heterocycles. The zero-order valence-corrected chi connectivity index (χ0v) is 27.5. The number of benzene rings is 3. The summed E-state index contributed by atoms with van der Waals surface area (Å²) < 4.78 is 18.2. The molecule has 10 nitrogen and oxygen atoms in total. The topological polar surface area (TPSA) is 133 Å². The Balaban J connectivity index is 1.43. The second kappa shape index (κ2) is 12.9. The first-order chi connectivity index (χ1) is 22.1. The fourth-order valence-corrected chi connectivity index (χ4v) is 5.99. The molecule has 3 aromatic carbocycles. The molecule has 0 spiro atoms. The molecule has 4 aromatic rings. The van der Waals surface area contributed by atoms with Gasteiger partial charge in [0.15, 0.2) is 0 Å². The van der Waals surface area contributed by atoms with Gasteiger partial charge < -0.3 is 24.6 Å². The lowest BCUT2D eigenvalue weighted by atomic mass is 9.98. The Morgan fingerprint density at radius 2 is 1.36 bits per heavy atom. The van der Waals surface area contributed by atoms with Crippen molar-refractivity contribution >= 4 is 35.0 Å². The zero-order chi connectivity index (χ0) is 34.1. The maximum atomic E-state index is 13.5. The van der Waals surface area contributed by atoms with Crippen LogP contribution in [0.25, 0.3) is 22.0 Å². The first kappa shape index (κ1) is 33.2. The first-order valence-electron chi connectivity index (χ1n) is 15.5. The molecule has 0 aliphatic heterocycles. The summed E-state index contributed by atoms with van der Waals surface area (Å²) in [5, 5.41) is 13.3. The van der Waals surface area contributed by atoms with E-state index in [4.69, 9.17) is 14.2 Å². The van der Waals surface area contributed by atoms with E-state index in [2.05, 4.69) is 5.32 Å². The summed E-state index contributed by atoms with van der Waals surface area (Å²) in [6.07, 6.45) is -2.20. The van der Waals surface area contributed by atoms with Crippen LogP contribution < -0.4 is 5.32 Å². The van der Waals surface area contributed by atoms with Crippen LogP contribution in [0.1, 0.15) is 69.8 Å². The third-order valence-electron chi connectivity index (χ3n) is 7.74. The van der Waals surface area contributed by atoms with E-state index >= 15 is 0 Å². The van der Waals surface area contributed by atoms with Crippen LogP contribution in [0, 0.1) is 0 Å². The molecule has 1 heterocycles. The lowest BCUT2D eigenvalue weighted by Gasteiger charge is -2.22. The highest BCUT2D eigenvalue weighted by atomic mass is 16.6. The largest absolute Gasteiger partial charge is 0.480 e. The van der Waals surface area contributed by atoms with Crippen LogP contribution in [-0.4, -0.2) is 57.6 Å². The fraction of sp³-hybridized carbons (Fsp3) is 0.351. The van der Waals surface area contributed by atoms with E-state index < -0.39 is 41.4 Å². The highest BCUT2D eigenvalue weighted by Gasteiger charge is 2.33. The maximum Gasteiger partial charge on any atom is 0.419 e. The van der Waals surface area contributed by atoms with Crippen molar-refractivity contribution in [3.63, 3.8) is 0 Å². The summed E-state index contributed by atoms with van der Waals surface area (Å²) >= 11 is 0. The third-order valence-corrected chi connectivity index (χ3v) is 7.74. The van der Waals surface area contributed by atoms with Gasteiger partial charge in [-0.2, -0.15) is 0 Å². The Bertz CT molecular complexity index is 1800. The van der Waals surface area contributed by atoms with E-state index in [1.54, 1.807) is 65.8 Å². The van der Waals surface area contributed by atoms with E-state index in [0.29, 0.717) is 16.5 Å². The Morgan fingerprint density at radius 1 is 0.809 bits per heavy atom. The number of alkyl carbamates (subject to hydrolysis) is 1. The number of carboxylic acid groups (broad SMARTS) is 1. The van der Waals surface area contributed by atoms with Crippen LogP contribution in [0.2, 0.25) is 0 Å². The summed E-state index contributed by atoms with van der Waals surface area (Å²) in [5.41, 5.74) is 3.59. The average Bonchev–Trinajstić information content (AvgIpc) is 3.46. The summed E-state index contributed by atoms with van der Waals surface area (Å²) in [6, 6.07) is 21.3. The van der Waals surface area contributed by atoms with E-state index in [1.165, 1.54) is 4.57 Å². The van der Waals surface area contributed by atoms with Crippen LogP contribution in [0.5, 0.6) is 0 Å². The quantitative estimate of drug-likeness (QED) is 0.158. The van der Waals surface area contributed by atoms with Gasteiger partial charge in [-0.1, -0.05) is 66.7 Å². The van der Waals surface area contributed by atoms with E-state index in [0.717, 1.165) is 22.3 Å². The number of hydrogen-bond donors (Lipinski definition) is 2. The average molecular weight is 641 g/mol. The number of esters is 1. The molecule has 1 amide bonds. The summed E-state index contributed by atoms with van der Waals surface area (Å²) in [6.45, 7) is 10.4. The molecule has 0 unspecified atom stereocenters. The monoisotopic (exact) mass is 640 g/mol. The van der Waals surface area contributed by atoms with Crippen molar-refractivity contribution in [2.24, 2.45) is 0 Å². The molecule has 0 radical (unpaired) electrons. The lowest BCUT2D eigenvalue weighted by Crippen LogP contribution is -2.43. The van der Waals surface area contributed by atoms with Gasteiger partial charge in [0.25, 0.3) is 0 Å². The second-order valence-electron chi connectivity index (χ2n) is 13.6. The number of rotatable bonds is 8. The van der Waals surface area contributed by atoms with Crippen LogP contribution in [0.3, 0.4) is 0 Å². The van der Waals surface area contributed by atoms with Crippen molar-refractivity contribution in [3.05, 3.63) is 95.2 Å². The molecule has 1 aliphatic carbocycles. The van der Waals surface area contributed by atoms with Gasteiger partial charge in [-0.05, 0) is 75.4 Å². The number of carbonyl (C=O) groups excluding carboxylic acids is 3. The molecule has 1 aromatic heterocycles. The van der Waals surface area contributed by atoms with Crippen molar-refractivity contribution in [3.8, 4) is 11.1 Å². The Hall–Kier alpha value is -5.12. The van der Waals surface area contributed by atoms with Gasteiger partial charge in [-0.15, -0.1) is 0 Å². The van der Waals surface area contributed by atoms with E-state index in [1.807, 2.05) is 48.5 Å². The standard InChI is InChI=1S/C37H40N2O8/c1-36(2,3)46-32(40)20-31-27(26-17-11-12-18-30(26)39(31)35(44)47-37(4,5)6)19-29(33(41)42)38-34(43)45-21-28-24-15-9-7-13-22(24)23-14-8-10-16-25(23)28/h7-18,28-29H,19-21H2,1-6H3,(H,38,43)(H,41,42)/t29-/m1/s1. The Kier molecular flexibility index (Phi) is 9.15. The van der Waals surface area contributed by atoms with Crippen molar-refractivity contribution in [1.29, 1.82) is 0 Å². The van der Waals surface area contributed by atoms with Crippen molar-refractivity contribution in [1.82, 2.24) is 9.88 Å². The highest BCUT2D eigenvalue weighted by molar-refractivity contribution is 5.96. The van der Waals surface area contributed by atoms with Crippen LogP contribution >= 0.6 is 0 Å². The number of carbonyl (C=O) groups is 4. The summed E-state index contributed by atoms with van der Waals surface area (Å²) in [4.78, 5) is 52.3. The number of amides is 1. The first-order valence-corrected chi connectivity index (χ1v) is 15.5.